The zero-order valence-corrected chi connectivity index (χ0v) is 14.6. The molecule has 1 aliphatic carbocycles. The van der Waals surface area contributed by atoms with Gasteiger partial charge in [-0.25, -0.2) is 0 Å². The molecule has 0 atom stereocenters. The standard InChI is InChI=1S/C10H15.2HI.Ti/c1-7-6-10(4,5)9(3)8(7)2;;;/h1-5H3;2*1H;/q;;;+2/p-2. The third kappa shape index (κ3) is 2.82. The number of allylic oxidation sites excluding steroid dienone is 4. The first-order chi connectivity index (χ1) is 4.89. The van der Waals surface area contributed by atoms with Gasteiger partial charge in [-0.3, -0.25) is 0 Å². The summed E-state index contributed by atoms with van der Waals surface area (Å²) in [7, 11) is 0. The monoisotopic (exact) mass is 437 g/mol. The molecule has 0 N–H and O–H groups in total. The molecule has 0 saturated heterocycles. The summed E-state index contributed by atoms with van der Waals surface area (Å²) in [5.74, 6) is 0. The molecule has 0 fully saturated rings. The van der Waals surface area contributed by atoms with Crippen molar-refractivity contribution in [2.45, 2.75) is 34.6 Å². The minimum absolute atomic E-state index is 0. The van der Waals surface area contributed by atoms with Crippen LogP contribution in [0, 0.1) is 5.41 Å². The van der Waals surface area contributed by atoms with Gasteiger partial charge in [-0.15, -0.1) is 0 Å². The summed E-state index contributed by atoms with van der Waals surface area (Å²) in [6, 6.07) is 0. The van der Waals surface area contributed by atoms with Gasteiger partial charge < -0.3 is 48.0 Å². The maximum Gasteiger partial charge on any atom is -1.00 e. The first-order valence-corrected chi connectivity index (χ1v) is 4.78. The summed E-state index contributed by atoms with van der Waals surface area (Å²) in [5, 5.41) is 0. The van der Waals surface area contributed by atoms with Crippen LogP contribution in [-0.4, -0.2) is 0 Å². The van der Waals surface area contributed by atoms with Gasteiger partial charge in [0.15, 0.2) is 0 Å². The van der Waals surface area contributed by atoms with Crippen molar-refractivity contribution < 1.29 is 68.4 Å². The van der Waals surface area contributed by atoms with Crippen LogP contribution in [0.15, 0.2) is 20.6 Å². The molecule has 0 aromatic heterocycles. The van der Waals surface area contributed by atoms with Gasteiger partial charge in [0.05, 0.1) is 0 Å². The van der Waals surface area contributed by atoms with Gasteiger partial charge in [0, 0.05) is 0 Å². The van der Waals surface area contributed by atoms with Gasteiger partial charge in [0.2, 0.25) is 0 Å². The average molecular weight is 437 g/mol. The van der Waals surface area contributed by atoms with Gasteiger partial charge >= 0.3 is 81.1 Å². The predicted molar refractivity (Wildman–Crippen MR) is 44.9 cm³/mol. The Bertz CT molecular complexity index is 236. The molecule has 0 heterocycles. The Labute approximate surface area is 127 Å². The molecule has 73 valence electrons. The third-order valence-electron chi connectivity index (χ3n) is 3.06. The van der Waals surface area contributed by atoms with Crippen LogP contribution in [0.25, 0.3) is 0 Å². The van der Waals surface area contributed by atoms with E-state index in [1.165, 1.54) is 20.6 Å². The maximum absolute atomic E-state index is 2.30. The van der Waals surface area contributed by atoms with Crippen molar-refractivity contribution in [3.05, 3.63) is 20.6 Å². The van der Waals surface area contributed by atoms with Crippen molar-refractivity contribution >= 4 is 0 Å². The zero-order valence-electron chi connectivity index (χ0n) is 8.76. The number of halogens is 2. The molecule has 0 amide bonds. The number of hydrogen-bond acceptors (Lipinski definition) is 0. The Morgan fingerprint density at radius 1 is 0.923 bits per heavy atom. The second kappa shape index (κ2) is 5.66. The third-order valence-corrected chi connectivity index (χ3v) is 4.62. The van der Waals surface area contributed by atoms with E-state index >= 15 is 0 Å². The van der Waals surface area contributed by atoms with E-state index in [4.69, 9.17) is 0 Å². The van der Waals surface area contributed by atoms with Crippen LogP contribution in [0.2, 0.25) is 0 Å². The first-order valence-electron chi connectivity index (χ1n) is 4.00. The second-order valence-corrected chi connectivity index (χ2v) is 4.66. The number of rotatable bonds is 0. The van der Waals surface area contributed by atoms with E-state index in [1.54, 1.807) is 0 Å². The maximum atomic E-state index is 2.30. The van der Waals surface area contributed by atoms with Crippen LogP contribution in [0.1, 0.15) is 34.6 Å². The van der Waals surface area contributed by atoms with Gasteiger partial charge in [0.25, 0.3) is 0 Å². The Morgan fingerprint density at radius 2 is 1.31 bits per heavy atom. The van der Waals surface area contributed by atoms with E-state index in [2.05, 4.69) is 55.1 Å². The Kier molecular flexibility index (Phi) is 7.43. The molecule has 0 spiro atoms. The van der Waals surface area contributed by atoms with E-state index in [9.17, 15) is 0 Å². The van der Waals surface area contributed by atoms with Crippen molar-refractivity contribution in [2.24, 2.45) is 5.41 Å². The smallest absolute Gasteiger partial charge is 1.00 e. The van der Waals surface area contributed by atoms with Crippen LogP contribution < -0.4 is 48.0 Å². The molecule has 0 unspecified atom stereocenters. The molecular weight excluding hydrogens is 422 g/mol. The number of hydrogen-bond donors (Lipinski definition) is 0. The molecule has 0 radical (unpaired) electrons. The summed E-state index contributed by atoms with van der Waals surface area (Å²) in [6.07, 6.45) is 0. The fourth-order valence-electron chi connectivity index (χ4n) is 1.59. The Morgan fingerprint density at radius 3 is 1.38 bits per heavy atom. The summed E-state index contributed by atoms with van der Waals surface area (Å²) in [4.78, 5) is 0. The molecule has 0 nitrogen and oxygen atoms in total. The summed E-state index contributed by atoms with van der Waals surface area (Å²) >= 11 is 2.25. The molecule has 0 aliphatic heterocycles. The zero-order chi connectivity index (χ0) is 8.81. The second-order valence-electron chi connectivity index (χ2n) is 3.88. The van der Waals surface area contributed by atoms with Gasteiger partial charge in [-0.2, -0.15) is 0 Å². The van der Waals surface area contributed by atoms with Crippen LogP contribution in [0.4, 0.5) is 0 Å². The summed E-state index contributed by atoms with van der Waals surface area (Å²) in [6.45, 7) is 11.3. The van der Waals surface area contributed by atoms with Gasteiger partial charge in [0.1, 0.15) is 0 Å². The van der Waals surface area contributed by atoms with E-state index < -0.39 is 0 Å². The quantitative estimate of drug-likeness (QED) is 0.284. The van der Waals surface area contributed by atoms with Crippen LogP contribution in [0.5, 0.6) is 0 Å². The topological polar surface area (TPSA) is 0 Å². The fraction of sp³-hybridized carbons (Fsp3) is 0.600. The minimum Gasteiger partial charge on any atom is -1.00 e. The van der Waals surface area contributed by atoms with E-state index in [1.807, 2.05) is 0 Å². The average Bonchev–Trinajstić information content (AvgIpc) is 2.06. The molecule has 0 bridgehead atoms. The molecule has 13 heavy (non-hydrogen) atoms. The molecule has 1 rings (SSSR count). The minimum atomic E-state index is 0. The largest absolute Gasteiger partial charge is 1.00 e. The van der Waals surface area contributed by atoms with Crippen molar-refractivity contribution in [1.29, 1.82) is 0 Å². The van der Waals surface area contributed by atoms with Crippen LogP contribution in [0.3, 0.4) is 0 Å². The summed E-state index contributed by atoms with van der Waals surface area (Å²) in [5.41, 5.74) is 4.83. The molecular formula is C10H15I2Ti. The Balaban J connectivity index is 0. The van der Waals surface area contributed by atoms with Gasteiger partial charge in [-0.05, 0) is 0 Å². The molecule has 0 aromatic carbocycles. The predicted octanol–water partition coefficient (Wildman–Crippen LogP) is -2.81. The van der Waals surface area contributed by atoms with Gasteiger partial charge in [-0.1, -0.05) is 0 Å². The van der Waals surface area contributed by atoms with Crippen molar-refractivity contribution in [3.63, 3.8) is 0 Å². The Hall–Kier alpha value is 1.65. The van der Waals surface area contributed by atoms with E-state index in [0.29, 0.717) is 5.41 Å². The molecule has 3 heteroatoms. The van der Waals surface area contributed by atoms with Crippen LogP contribution in [-0.2, 0) is 20.4 Å². The molecule has 0 aromatic rings. The van der Waals surface area contributed by atoms with Crippen LogP contribution >= 0.6 is 0 Å². The first kappa shape index (κ1) is 17.1. The summed E-state index contributed by atoms with van der Waals surface area (Å²) < 4.78 is 1.53. The van der Waals surface area contributed by atoms with E-state index in [0.717, 1.165) is 0 Å². The molecule has 0 saturated carbocycles. The van der Waals surface area contributed by atoms with Crippen molar-refractivity contribution in [2.75, 3.05) is 0 Å². The van der Waals surface area contributed by atoms with Crippen molar-refractivity contribution in [1.82, 2.24) is 0 Å². The molecule has 1 aliphatic rings. The SMILES string of the molecule is CC1=C(C)C(C)(C)[C]([Ti+2])=C1C.[I-].[I-]. The van der Waals surface area contributed by atoms with Crippen molar-refractivity contribution in [3.8, 4) is 0 Å². The van der Waals surface area contributed by atoms with E-state index in [-0.39, 0.29) is 48.0 Å². The fourth-order valence-corrected chi connectivity index (χ4v) is 2.18. The normalized spacial score (nSPS) is 19.9.